The lowest BCUT2D eigenvalue weighted by atomic mass is 9.88. The van der Waals surface area contributed by atoms with Crippen LogP contribution in [0.2, 0.25) is 0 Å². The average Bonchev–Trinajstić information content (AvgIpc) is 3.36. The second-order valence-electron chi connectivity index (χ2n) is 8.60. The van der Waals surface area contributed by atoms with Crippen LogP contribution in [0.1, 0.15) is 65.0 Å². The van der Waals surface area contributed by atoms with E-state index < -0.39 is 0 Å². The molecule has 2 aliphatic heterocycles. The average molecular weight is 357 g/mol. The molecule has 144 valence electrons. The molecule has 0 bridgehead atoms. The number of nitriles is 1. The van der Waals surface area contributed by atoms with Crippen LogP contribution in [0.5, 0.6) is 0 Å². The Morgan fingerprint density at radius 1 is 0.885 bits per heavy atom. The second kappa shape index (κ2) is 8.99. The Morgan fingerprint density at radius 3 is 1.81 bits per heavy atom. The van der Waals surface area contributed by atoms with E-state index in [0.717, 1.165) is 13.1 Å². The number of nitrogens with two attached hydrogens (primary N) is 1. The van der Waals surface area contributed by atoms with Crippen molar-refractivity contribution in [2.45, 2.75) is 70.5 Å². The standard InChI is InChI=1S/C14H22N2.C8H14N2/c1-14(2,16-10-6-7-11-16)13(15)12-8-4-3-5-9-12;1-8(2,7-9)10-5-3-4-6-10/h3-5,8-9,13H,6-7,10-11,15H2,1-2H3;3-6H2,1-2H3. The number of likely N-dealkylation sites (tertiary alicyclic amines) is 2. The molecule has 1 aromatic rings. The van der Waals surface area contributed by atoms with Gasteiger partial charge in [-0.05, 0) is 85.1 Å². The van der Waals surface area contributed by atoms with Gasteiger partial charge in [-0.15, -0.1) is 0 Å². The summed E-state index contributed by atoms with van der Waals surface area (Å²) in [6.45, 7) is 13.1. The molecule has 1 unspecified atom stereocenters. The molecule has 2 heterocycles. The van der Waals surface area contributed by atoms with Gasteiger partial charge in [0.05, 0.1) is 6.07 Å². The Bertz CT molecular complexity index is 576. The first-order valence-corrected chi connectivity index (χ1v) is 10.0. The highest BCUT2D eigenvalue weighted by atomic mass is 15.2. The quantitative estimate of drug-likeness (QED) is 0.887. The lowest BCUT2D eigenvalue weighted by Crippen LogP contribution is -2.49. The van der Waals surface area contributed by atoms with Gasteiger partial charge in [0.1, 0.15) is 5.54 Å². The minimum absolute atomic E-state index is 0.0534. The zero-order valence-corrected chi connectivity index (χ0v) is 17.0. The van der Waals surface area contributed by atoms with Gasteiger partial charge in [-0.25, -0.2) is 0 Å². The highest BCUT2D eigenvalue weighted by molar-refractivity contribution is 5.22. The smallest absolute Gasteiger partial charge is 0.103 e. The Hall–Kier alpha value is -1.41. The van der Waals surface area contributed by atoms with Crippen molar-refractivity contribution in [1.29, 1.82) is 5.26 Å². The number of benzene rings is 1. The van der Waals surface area contributed by atoms with E-state index in [1.165, 1.54) is 44.3 Å². The summed E-state index contributed by atoms with van der Waals surface area (Å²) in [4.78, 5) is 4.76. The molecule has 0 saturated carbocycles. The Morgan fingerprint density at radius 2 is 1.35 bits per heavy atom. The minimum Gasteiger partial charge on any atom is -0.322 e. The minimum atomic E-state index is -0.240. The van der Waals surface area contributed by atoms with Gasteiger partial charge in [0.25, 0.3) is 0 Å². The van der Waals surface area contributed by atoms with E-state index in [-0.39, 0.29) is 17.1 Å². The predicted molar refractivity (Wildman–Crippen MR) is 109 cm³/mol. The first kappa shape index (κ1) is 20.9. The maximum atomic E-state index is 8.76. The first-order valence-electron chi connectivity index (χ1n) is 10.0. The van der Waals surface area contributed by atoms with E-state index in [9.17, 15) is 0 Å². The summed E-state index contributed by atoms with van der Waals surface area (Å²) < 4.78 is 0. The van der Waals surface area contributed by atoms with Crippen LogP contribution in [-0.2, 0) is 0 Å². The van der Waals surface area contributed by atoms with Crippen molar-refractivity contribution < 1.29 is 0 Å². The van der Waals surface area contributed by atoms with E-state index in [1.807, 2.05) is 19.9 Å². The van der Waals surface area contributed by atoms with E-state index >= 15 is 0 Å². The second-order valence-corrected chi connectivity index (χ2v) is 8.60. The summed E-state index contributed by atoms with van der Waals surface area (Å²) in [7, 11) is 0. The van der Waals surface area contributed by atoms with Gasteiger partial charge >= 0.3 is 0 Å². The first-order chi connectivity index (χ1) is 12.3. The van der Waals surface area contributed by atoms with E-state index in [2.05, 4.69) is 54.0 Å². The Kier molecular flexibility index (Phi) is 7.23. The van der Waals surface area contributed by atoms with Crippen molar-refractivity contribution in [1.82, 2.24) is 9.80 Å². The van der Waals surface area contributed by atoms with Gasteiger partial charge in [-0.2, -0.15) is 5.26 Å². The maximum Gasteiger partial charge on any atom is 0.103 e. The number of rotatable bonds is 4. The summed E-state index contributed by atoms with van der Waals surface area (Å²) in [6, 6.07) is 12.8. The summed E-state index contributed by atoms with van der Waals surface area (Å²) in [5.41, 5.74) is 7.46. The van der Waals surface area contributed by atoms with Crippen molar-refractivity contribution in [3.05, 3.63) is 35.9 Å². The molecule has 2 aliphatic rings. The van der Waals surface area contributed by atoms with Crippen LogP contribution < -0.4 is 5.73 Å². The molecule has 2 saturated heterocycles. The van der Waals surface area contributed by atoms with Crippen molar-refractivity contribution >= 4 is 0 Å². The van der Waals surface area contributed by atoms with Gasteiger partial charge < -0.3 is 5.73 Å². The van der Waals surface area contributed by atoms with E-state index in [0.29, 0.717) is 0 Å². The van der Waals surface area contributed by atoms with Crippen molar-refractivity contribution in [2.75, 3.05) is 26.2 Å². The molecule has 0 spiro atoms. The molecule has 4 nitrogen and oxygen atoms in total. The Balaban J connectivity index is 0.000000209. The summed E-state index contributed by atoms with van der Waals surface area (Å²) in [6.07, 6.45) is 5.13. The largest absolute Gasteiger partial charge is 0.322 e. The third kappa shape index (κ3) is 5.07. The molecule has 1 atom stereocenters. The molecule has 26 heavy (non-hydrogen) atoms. The molecular weight excluding hydrogens is 320 g/mol. The van der Waals surface area contributed by atoms with E-state index in [1.54, 1.807) is 0 Å². The van der Waals surface area contributed by atoms with Crippen LogP contribution in [0, 0.1) is 11.3 Å². The van der Waals surface area contributed by atoms with Gasteiger partial charge in [0.2, 0.25) is 0 Å². The van der Waals surface area contributed by atoms with Crippen LogP contribution in [0.3, 0.4) is 0 Å². The zero-order chi connectivity index (χ0) is 19.2. The van der Waals surface area contributed by atoms with Crippen LogP contribution in [-0.4, -0.2) is 47.1 Å². The van der Waals surface area contributed by atoms with Gasteiger partial charge in [-0.3, -0.25) is 9.80 Å². The molecule has 4 heteroatoms. The van der Waals surface area contributed by atoms with Gasteiger partial charge in [0, 0.05) is 11.6 Å². The van der Waals surface area contributed by atoms with Crippen molar-refractivity contribution in [2.24, 2.45) is 5.73 Å². The highest BCUT2D eigenvalue weighted by Crippen LogP contribution is 2.31. The van der Waals surface area contributed by atoms with Gasteiger partial charge in [0.15, 0.2) is 0 Å². The maximum absolute atomic E-state index is 8.76. The molecule has 0 amide bonds. The van der Waals surface area contributed by atoms with Gasteiger partial charge in [-0.1, -0.05) is 30.3 Å². The fourth-order valence-corrected chi connectivity index (χ4v) is 3.91. The lowest BCUT2D eigenvalue weighted by molar-refractivity contribution is 0.124. The van der Waals surface area contributed by atoms with E-state index in [4.69, 9.17) is 11.0 Å². The third-order valence-corrected chi connectivity index (χ3v) is 6.01. The summed E-state index contributed by atoms with van der Waals surface area (Å²) in [5, 5.41) is 8.76. The fraction of sp³-hybridized carbons (Fsp3) is 0.682. The lowest BCUT2D eigenvalue weighted by Gasteiger charge is -2.40. The monoisotopic (exact) mass is 356 g/mol. The molecular formula is C22H36N4. The molecule has 2 fully saturated rings. The molecule has 0 aliphatic carbocycles. The Labute approximate surface area is 160 Å². The summed E-state index contributed by atoms with van der Waals surface area (Å²) >= 11 is 0. The predicted octanol–water partition coefficient (Wildman–Crippen LogP) is 3.95. The number of hydrogen-bond acceptors (Lipinski definition) is 4. The van der Waals surface area contributed by atoms with Crippen molar-refractivity contribution in [3.8, 4) is 6.07 Å². The fourth-order valence-electron chi connectivity index (χ4n) is 3.91. The topological polar surface area (TPSA) is 56.3 Å². The highest BCUT2D eigenvalue weighted by Gasteiger charge is 2.35. The molecule has 3 rings (SSSR count). The normalized spacial score (nSPS) is 20.3. The van der Waals surface area contributed by atoms with Crippen LogP contribution in [0.15, 0.2) is 30.3 Å². The SMILES string of the molecule is CC(C)(C#N)N1CCCC1.CC(C)(C(N)c1ccccc1)N1CCCC1. The molecule has 2 N–H and O–H groups in total. The van der Waals surface area contributed by atoms with Crippen LogP contribution >= 0.6 is 0 Å². The molecule has 0 radical (unpaired) electrons. The molecule has 0 aromatic heterocycles. The third-order valence-electron chi connectivity index (χ3n) is 6.01. The zero-order valence-electron chi connectivity index (χ0n) is 17.0. The van der Waals surface area contributed by atoms with Crippen molar-refractivity contribution in [3.63, 3.8) is 0 Å². The summed E-state index contributed by atoms with van der Waals surface area (Å²) in [5.74, 6) is 0. The number of nitrogens with zero attached hydrogens (tertiary/aromatic N) is 3. The number of hydrogen-bond donors (Lipinski definition) is 1. The van der Waals surface area contributed by atoms with Crippen LogP contribution in [0.25, 0.3) is 0 Å². The van der Waals surface area contributed by atoms with Crippen LogP contribution in [0.4, 0.5) is 0 Å². The molecule has 1 aromatic carbocycles.